The van der Waals surface area contributed by atoms with Crippen LogP contribution in [0, 0.1) is 6.92 Å². The molecule has 0 bridgehead atoms. The van der Waals surface area contributed by atoms with Gasteiger partial charge in [-0.2, -0.15) is 0 Å². The van der Waals surface area contributed by atoms with Crippen molar-refractivity contribution in [2.24, 2.45) is 0 Å². The number of thiazole rings is 1. The molecular formula is C11H14ClN3O2S. The average molecular weight is 288 g/mol. The van der Waals surface area contributed by atoms with Crippen molar-refractivity contribution in [3.05, 3.63) is 10.6 Å². The van der Waals surface area contributed by atoms with Crippen molar-refractivity contribution in [3.8, 4) is 0 Å². The molecule has 98 valence electrons. The van der Waals surface area contributed by atoms with Crippen molar-refractivity contribution in [3.63, 3.8) is 0 Å². The molecule has 1 fully saturated rings. The number of hydrogen-bond donors (Lipinski definition) is 0. The zero-order valence-electron chi connectivity index (χ0n) is 10.4. The van der Waals surface area contributed by atoms with E-state index in [1.54, 1.807) is 25.9 Å². The smallest absolute Gasteiger partial charge is 0.265 e. The van der Waals surface area contributed by atoms with Gasteiger partial charge in [0.2, 0.25) is 5.91 Å². The fraction of sp³-hybridized carbons (Fsp3) is 0.545. The zero-order valence-corrected chi connectivity index (χ0v) is 12.0. The highest BCUT2D eigenvalue weighted by atomic mass is 35.5. The second-order valence-corrected chi connectivity index (χ2v) is 6.01. The molecule has 1 aliphatic rings. The second-order valence-electron chi connectivity index (χ2n) is 4.42. The van der Waals surface area contributed by atoms with Crippen LogP contribution in [0.4, 0.5) is 5.13 Å². The lowest BCUT2D eigenvalue weighted by atomic mass is 10.3. The maximum Gasteiger partial charge on any atom is 0.265 e. The van der Waals surface area contributed by atoms with Crippen LogP contribution in [0.2, 0.25) is 0 Å². The normalized spacial score (nSPS) is 19.4. The van der Waals surface area contributed by atoms with Crippen LogP contribution in [0.3, 0.4) is 0 Å². The van der Waals surface area contributed by atoms with E-state index < -0.39 is 0 Å². The summed E-state index contributed by atoms with van der Waals surface area (Å²) in [4.78, 5) is 31.6. The summed E-state index contributed by atoms with van der Waals surface area (Å²) < 4.78 is 0. The molecule has 1 aliphatic heterocycles. The Morgan fingerprint density at radius 2 is 2.22 bits per heavy atom. The zero-order chi connectivity index (χ0) is 13.4. The van der Waals surface area contributed by atoms with Gasteiger partial charge in [-0.15, -0.1) is 11.6 Å². The molecule has 5 nitrogen and oxygen atoms in total. The van der Waals surface area contributed by atoms with Gasteiger partial charge in [0.15, 0.2) is 5.13 Å². The first-order valence-electron chi connectivity index (χ1n) is 5.53. The standard InChI is InChI=1S/C11H14ClN3O2S/c1-6-9(10(17)14(2)3)18-11(13-6)15-5-7(12)4-8(15)16/h7H,4-5H2,1-3H3. The summed E-state index contributed by atoms with van der Waals surface area (Å²) in [6, 6.07) is 0. The number of anilines is 1. The molecule has 0 spiro atoms. The van der Waals surface area contributed by atoms with Crippen LogP contribution < -0.4 is 4.90 Å². The minimum absolute atomic E-state index is 0.0346. The minimum Gasteiger partial charge on any atom is -0.344 e. The van der Waals surface area contributed by atoms with Gasteiger partial charge in [0.05, 0.1) is 11.1 Å². The molecule has 0 aliphatic carbocycles. The van der Waals surface area contributed by atoms with E-state index in [1.807, 2.05) is 0 Å². The molecule has 2 rings (SSSR count). The van der Waals surface area contributed by atoms with Gasteiger partial charge in [0.1, 0.15) is 4.88 Å². The van der Waals surface area contributed by atoms with Gasteiger partial charge in [-0.3, -0.25) is 14.5 Å². The van der Waals surface area contributed by atoms with Gasteiger partial charge in [-0.05, 0) is 6.92 Å². The SMILES string of the molecule is Cc1nc(N2CC(Cl)CC2=O)sc1C(=O)N(C)C. The monoisotopic (exact) mass is 287 g/mol. The van der Waals surface area contributed by atoms with Crippen LogP contribution >= 0.6 is 22.9 Å². The van der Waals surface area contributed by atoms with Crippen molar-refractivity contribution in [2.75, 3.05) is 25.5 Å². The summed E-state index contributed by atoms with van der Waals surface area (Å²) in [6.07, 6.45) is 0.330. The van der Waals surface area contributed by atoms with E-state index in [1.165, 1.54) is 16.2 Å². The Labute approximate surface area is 114 Å². The summed E-state index contributed by atoms with van der Waals surface area (Å²) in [5, 5.41) is 0.389. The predicted octanol–water partition coefficient (Wildman–Crippen LogP) is 1.50. The number of nitrogens with zero attached hydrogens (tertiary/aromatic N) is 3. The van der Waals surface area contributed by atoms with Crippen molar-refractivity contribution >= 4 is 39.9 Å². The van der Waals surface area contributed by atoms with Crippen LogP contribution in [0.1, 0.15) is 21.8 Å². The largest absolute Gasteiger partial charge is 0.344 e. The van der Waals surface area contributed by atoms with Gasteiger partial charge in [0, 0.05) is 27.1 Å². The van der Waals surface area contributed by atoms with Crippen LogP contribution in [-0.2, 0) is 4.79 Å². The molecule has 2 heterocycles. The van der Waals surface area contributed by atoms with E-state index in [0.29, 0.717) is 28.7 Å². The molecule has 1 aromatic heterocycles. The third kappa shape index (κ3) is 2.35. The van der Waals surface area contributed by atoms with Crippen LogP contribution in [0.25, 0.3) is 0 Å². The summed E-state index contributed by atoms with van der Waals surface area (Å²) in [7, 11) is 3.38. The Kier molecular flexibility index (Phi) is 3.59. The molecule has 1 atom stereocenters. The Morgan fingerprint density at radius 1 is 1.56 bits per heavy atom. The van der Waals surface area contributed by atoms with Gasteiger partial charge >= 0.3 is 0 Å². The number of aryl methyl sites for hydroxylation is 1. The van der Waals surface area contributed by atoms with Crippen molar-refractivity contribution in [1.29, 1.82) is 0 Å². The van der Waals surface area contributed by atoms with Crippen LogP contribution in [0.5, 0.6) is 0 Å². The molecule has 1 saturated heterocycles. The molecule has 0 radical (unpaired) electrons. The molecule has 7 heteroatoms. The minimum atomic E-state index is -0.172. The summed E-state index contributed by atoms with van der Waals surface area (Å²) in [5.41, 5.74) is 0.652. The Hall–Kier alpha value is -1.14. The van der Waals surface area contributed by atoms with Crippen LogP contribution in [-0.4, -0.2) is 47.7 Å². The van der Waals surface area contributed by atoms with E-state index in [-0.39, 0.29) is 17.2 Å². The molecular weight excluding hydrogens is 274 g/mol. The maximum absolute atomic E-state index is 11.9. The van der Waals surface area contributed by atoms with Crippen molar-refractivity contribution in [2.45, 2.75) is 18.7 Å². The number of aromatic nitrogens is 1. The van der Waals surface area contributed by atoms with E-state index >= 15 is 0 Å². The first kappa shape index (κ1) is 13.3. The first-order valence-corrected chi connectivity index (χ1v) is 6.79. The summed E-state index contributed by atoms with van der Waals surface area (Å²) in [6.45, 7) is 2.23. The Morgan fingerprint density at radius 3 is 2.72 bits per heavy atom. The lowest BCUT2D eigenvalue weighted by molar-refractivity contribution is -0.117. The number of rotatable bonds is 2. The van der Waals surface area contributed by atoms with Crippen LogP contribution in [0.15, 0.2) is 0 Å². The topological polar surface area (TPSA) is 53.5 Å². The molecule has 0 aromatic carbocycles. The van der Waals surface area contributed by atoms with E-state index in [9.17, 15) is 9.59 Å². The number of amides is 2. The fourth-order valence-electron chi connectivity index (χ4n) is 1.75. The summed E-state index contributed by atoms with van der Waals surface area (Å²) in [5.74, 6) is -0.127. The lowest BCUT2D eigenvalue weighted by Gasteiger charge is -2.11. The summed E-state index contributed by atoms with van der Waals surface area (Å²) >= 11 is 7.19. The van der Waals surface area contributed by atoms with E-state index in [4.69, 9.17) is 11.6 Å². The van der Waals surface area contributed by atoms with E-state index in [0.717, 1.165) is 0 Å². The van der Waals surface area contributed by atoms with E-state index in [2.05, 4.69) is 4.98 Å². The third-order valence-corrected chi connectivity index (χ3v) is 4.16. The highest BCUT2D eigenvalue weighted by Crippen LogP contribution is 2.31. The van der Waals surface area contributed by atoms with Crippen molar-refractivity contribution < 1.29 is 9.59 Å². The molecule has 2 amide bonds. The molecule has 0 N–H and O–H groups in total. The van der Waals surface area contributed by atoms with Gasteiger partial charge in [0.25, 0.3) is 5.91 Å². The molecule has 18 heavy (non-hydrogen) atoms. The predicted molar refractivity (Wildman–Crippen MR) is 71.5 cm³/mol. The highest BCUT2D eigenvalue weighted by Gasteiger charge is 2.32. The average Bonchev–Trinajstić information content (AvgIpc) is 2.80. The van der Waals surface area contributed by atoms with Crippen molar-refractivity contribution in [1.82, 2.24) is 9.88 Å². The fourth-order valence-corrected chi connectivity index (χ4v) is 3.13. The lowest BCUT2D eigenvalue weighted by Crippen LogP contribution is -2.24. The third-order valence-electron chi connectivity index (χ3n) is 2.69. The number of alkyl halides is 1. The second kappa shape index (κ2) is 4.85. The highest BCUT2D eigenvalue weighted by molar-refractivity contribution is 7.17. The molecule has 1 unspecified atom stereocenters. The Balaban J connectivity index is 2.29. The van der Waals surface area contributed by atoms with Gasteiger partial charge in [-0.25, -0.2) is 4.98 Å². The first-order chi connectivity index (χ1) is 8.40. The quantitative estimate of drug-likeness (QED) is 0.775. The number of hydrogen-bond acceptors (Lipinski definition) is 4. The van der Waals surface area contributed by atoms with Gasteiger partial charge < -0.3 is 4.90 Å². The molecule has 1 aromatic rings. The molecule has 0 saturated carbocycles. The number of carbonyl (C=O) groups excluding carboxylic acids is 2. The number of halogens is 1. The number of carbonyl (C=O) groups is 2. The van der Waals surface area contributed by atoms with Gasteiger partial charge in [-0.1, -0.05) is 11.3 Å². The Bertz CT molecular complexity index is 500. The maximum atomic E-state index is 11.9.